The van der Waals surface area contributed by atoms with E-state index in [0.717, 1.165) is 12.8 Å². The Kier molecular flexibility index (Phi) is 5.71. The van der Waals surface area contributed by atoms with E-state index >= 15 is 0 Å². The number of allylic oxidation sites excluding steroid dienone is 1. The maximum absolute atomic E-state index is 12.9. The van der Waals surface area contributed by atoms with Crippen molar-refractivity contribution in [2.24, 2.45) is 4.99 Å². The third-order valence-electron chi connectivity index (χ3n) is 6.40. The van der Waals surface area contributed by atoms with Crippen LogP contribution in [-0.4, -0.2) is 46.6 Å². The summed E-state index contributed by atoms with van der Waals surface area (Å²) in [6.45, 7) is 7.49. The van der Waals surface area contributed by atoms with Gasteiger partial charge in [0.15, 0.2) is 5.60 Å². The minimum atomic E-state index is -1.35. The summed E-state index contributed by atoms with van der Waals surface area (Å²) in [5.74, 6) is -1.50. The van der Waals surface area contributed by atoms with Crippen LogP contribution in [0.1, 0.15) is 50.2 Å². The first-order chi connectivity index (χ1) is 14.9. The average Bonchev–Trinajstić information content (AvgIpc) is 3.27. The molecular weight excluding hydrogens is 396 g/mol. The van der Waals surface area contributed by atoms with Gasteiger partial charge in [-0.05, 0) is 30.4 Å². The predicted octanol–water partition coefficient (Wildman–Crippen LogP) is 3.55. The number of fused-ring (bicyclic) bond motifs is 2. The van der Waals surface area contributed by atoms with Gasteiger partial charge >= 0.3 is 5.97 Å². The van der Waals surface area contributed by atoms with Crippen molar-refractivity contribution < 1.29 is 24.2 Å². The molecule has 3 aliphatic heterocycles. The van der Waals surface area contributed by atoms with Gasteiger partial charge in [0.2, 0.25) is 0 Å². The van der Waals surface area contributed by atoms with E-state index in [1.807, 2.05) is 24.0 Å². The quantitative estimate of drug-likeness (QED) is 0.555. The summed E-state index contributed by atoms with van der Waals surface area (Å²) in [5, 5.41) is 9.52. The lowest BCUT2D eigenvalue weighted by Gasteiger charge is -2.40. The number of hydrogen-bond acceptors (Lipinski definition) is 5. The number of aliphatic carboxylic acids is 1. The number of carbonyl (C=O) groups is 2. The van der Waals surface area contributed by atoms with Crippen molar-refractivity contribution in [3.8, 4) is 0 Å². The first-order valence-electron chi connectivity index (χ1n) is 10.8. The number of nitrogens with zero attached hydrogens (tertiary/aromatic N) is 2. The zero-order chi connectivity index (χ0) is 22.1. The fourth-order valence-corrected chi connectivity index (χ4v) is 4.76. The van der Waals surface area contributed by atoms with Crippen LogP contribution < -0.4 is 0 Å². The average molecular weight is 424 g/mol. The Labute approximate surface area is 182 Å². The number of hydrogen-bond donors (Lipinski definition) is 1. The predicted molar refractivity (Wildman–Crippen MR) is 115 cm³/mol. The lowest BCUT2D eigenvalue weighted by atomic mass is 9.84. The van der Waals surface area contributed by atoms with Gasteiger partial charge in [-0.1, -0.05) is 43.3 Å². The fraction of sp³-hybridized carbons (Fsp3) is 0.458. The van der Waals surface area contributed by atoms with Crippen LogP contribution in [0.5, 0.6) is 0 Å². The van der Waals surface area contributed by atoms with E-state index in [9.17, 15) is 14.7 Å². The molecule has 1 fully saturated rings. The molecule has 1 saturated heterocycles. The van der Waals surface area contributed by atoms with E-state index in [-0.39, 0.29) is 30.0 Å². The van der Waals surface area contributed by atoms with Crippen molar-refractivity contribution >= 4 is 17.9 Å². The Morgan fingerprint density at radius 2 is 2.06 bits per heavy atom. The number of piperidine rings is 1. The van der Waals surface area contributed by atoms with Crippen LogP contribution >= 0.6 is 0 Å². The van der Waals surface area contributed by atoms with Crippen molar-refractivity contribution in [2.75, 3.05) is 13.1 Å². The summed E-state index contributed by atoms with van der Waals surface area (Å²) in [5.41, 5.74) is 0.991. The van der Waals surface area contributed by atoms with E-state index in [1.54, 1.807) is 12.2 Å². The second-order valence-electron chi connectivity index (χ2n) is 8.34. The SMILES string of the molecule is C=CCC1(CC(=CCC)C(=O)O)OC(N2CCC3(CC2)OCc2ccccc23)=NC1=O. The van der Waals surface area contributed by atoms with Crippen LogP contribution in [0.3, 0.4) is 0 Å². The van der Waals surface area contributed by atoms with E-state index < -0.39 is 17.5 Å². The number of carbonyl (C=O) groups excluding carboxylic acids is 1. The number of amidine groups is 1. The molecule has 1 atom stereocenters. The van der Waals surface area contributed by atoms with Crippen LogP contribution in [0.25, 0.3) is 0 Å². The van der Waals surface area contributed by atoms with Crippen molar-refractivity contribution in [3.63, 3.8) is 0 Å². The van der Waals surface area contributed by atoms with Crippen molar-refractivity contribution in [3.05, 3.63) is 59.7 Å². The summed E-state index contributed by atoms with van der Waals surface area (Å²) in [4.78, 5) is 30.7. The minimum absolute atomic E-state index is 0.0394. The number of amides is 1. The first-order valence-corrected chi connectivity index (χ1v) is 10.8. The number of likely N-dealkylation sites (tertiary alicyclic amines) is 1. The van der Waals surface area contributed by atoms with E-state index in [2.05, 4.69) is 23.7 Å². The van der Waals surface area contributed by atoms with Crippen LogP contribution in [0.15, 0.2) is 53.6 Å². The molecule has 0 bridgehead atoms. The molecule has 1 unspecified atom stereocenters. The zero-order valence-corrected chi connectivity index (χ0v) is 17.8. The van der Waals surface area contributed by atoms with Crippen molar-refractivity contribution in [2.45, 2.75) is 56.8 Å². The first kappa shape index (κ1) is 21.3. The second kappa shape index (κ2) is 8.30. The number of benzene rings is 1. The standard InChI is InChI=1S/C24H28N2O5/c1-3-7-17(20(27)28)15-24(10-4-2)21(29)25-22(31-24)26-13-11-23(12-14-26)19-9-6-5-8-18(19)16-30-23/h4-9H,2-3,10-16H2,1H3,(H,27,28). The maximum atomic E-state index is 12.9. The monoisotopic (exact) mass is 424 g/mol. The van der Waals surface area contributed by atoms with Crippen LogP contribution in [0.2, 0.25) is 0 Å². The van der Waals surface area contributed by atoms with Gasteiger partial charge in [0.05, 0.1) is 12.2 Å². The Balaban J connectivity index is 1.49. The topological polar surface area (TPSA) is 88.4 Å². The fourth-order valence-electron chi connectivity index (χ4n) is 4.76. The molecule has 7 heteroatoms. The number of aliphatic imine (C=N–C) groups is 1. The maximum Gasteiger partial charge on any atom is 0.331 e. The van der Waals surface area contributed by atoms with E-state index in [1.165, 1.54) is 11.1 Å². The van der Waals surface area contributed by atoms with Gasteiger partial charge in [-0.2, -0.15) is 4.99 Å². The molecule has 0 saturated carbocycles. The molecule has 3 aliphatic rings. The number of carboxylic acids is 1. The van der Waals surface area contributed by atoms with Crippen LogP contribution in [-0.2, 0) is 31.3 Å². The third kappa shape index (κ3) is 3.78. The molecule has 1 aromatic rings. The van der Waals surface area contributed by atoms with E-state index in [4.69, 9.17) is 9.47 Å². The largest absolute Gasteiger partial charge is 0.478 e. The number of rotatable bonds is 6. The summed E-state index contributed by atoms with van der Waals surface area (Å²) >= 11 is 0. The highest BCUT2D eigenvalue weighted by atomic mass is 16.5. The molecule has 3 heterocycles. The number of carboxylic acid groups (broad SMARTS) is 1. The summed E-state index contributed by atoms with van der Waals surface area (Å²) in [6.07, 6.45) is 5.45. The van der Waals surface area contributed by atoms with Crippen LogP contribution in [0, 0.1) is 0 Å². The summed E-state index contributed by atoms with van der Waals surface area (Å²) < 4.78 is 12.3. The van der Waals surface area contributed by atoms with Crippen molar-refractivity contribution in [1.82, 2.24) is 4.90 Å². The van der Waals surface area contributed by atoms with E-state index in [0.29, 0.717) is 26.1 Å². The molecule has 0 aliphatic carbocycles. The second-order valence-corrected chi connectivity index (χ2v) is 8.34. The van der Waals surface area contributed by atoms with Gasteiger partial charge in [0, 0.05) is 31.5 Å². The smallest absolute Gasteiger partial charge is 0.331 e. The van der Waals surface area contributed by atoms with Crippen molar-refractivity contribution in [1.29, 1.82) is 0 Å². The molecule has 1 amide bonds. The highest BCUT2D eigenvalue weighted by Crippen LogP contribution is 2.44. The van der Waals surface area contributed by atoms with Gasteiger partial charge in [-0.15, -0.1) is 6.58 Å². The molecule has 0 aromatic heterocycles. The molecule has 31 heavy (non-hydrogen) atoms. The highest BCUT2D eigenvalue weighted by Gasteiger charge is 2.50. The number of ether oxygens (including phenoxy) is 2. The van der Waals surface area contributed by atoms with Gasteiger partial charge < -0.3 is 19.5 Å². The Hall–Kier alpha value is -2.93. The Morgan fingerprint density at radius 1 is 1.32 bits per heavy atom. The molecule has 164 valence electrons. The third-order valence-corrected chi connectivity index (χ3v) is 6.40. The highest BCUT2D eigenvalue weighted by molar-refractivity contribution is 6.02. The molecule has 7 nitrogen and oxygen atoms in total. The lowest BCUT2D eigenvalue weighted by molar-refractivity contribution is -0.135. The Bertz CT molecular complexity index is 958. The molecule has 0 radical (unpaired) electrons. The molecule has 1 aromatic carbocycles. The zero-order valence-electron chi connectivity index (χ0n) is 17.8. The normalized spacial score (nSPS) is 24.7. The molecule has 1 N–H and O–H groups in total. The minimum Gasteiger partial charge on any atom is -0.478 e. The van der Waals surface area contributed by atoms with Gasteiger partial charge in [0.1, 0.15) is 0 Å². The Morgan fingerprint density at radius 3 is 2.74 bits per heavy atom. The lowest BCUT2D eigenvalue weighted by Crippen LogP contribution is -2.47. The van der Waals surface area contributed by atoms with Gasteiger partial charge in [-0.3, -0.25) is 4.79 Å². The van der Waals surface area contributed by atoms with Gasteiger partial charge in [0.25, 0.3) is 11.9 Å². The van der Waals surface area contributed by atoms with Gasteiger partial charge in [-0.25, -0.2) is 4.79 Å². The summed E-state index contributed by atoms with van der Waals surface area (Å²) in [7, 11) is 0. The molecule has 1 spiro atoms. The van der Waals surface area contributed by atoms with Crippen LogP contribution in [0.4, 0.5) is 0 Å². The molecular formula is C24H28N2O5. The molecule has 4 rings (SSSR count). The summed E-state index contributed by atoms with van der Waals surface area (Å²) in [6, 6.07) is 8.58.